The molecular formula is C13H21N3O4. The second-order valence-corrected chi connectivity index (χ2v) is 4.82. The maximum atomic E-state index is 11.2. The van der Waals surface area contributed by atoms with Crippen molar-refractivity contribution in [1.82, 2.24) is 0 Å². The fraction of sp³-hybridized carbons (Fsp3) is 0.769. The van der Waals surface area contributed by atoms with Gasteiger partial charge in [0.2, 0.25) is 0 Å². The van der Waals surface area contributed by atoms with Crippen molar-refractivity contribution < 1.29 is 19.0 Å². The lowest BCUT2D eigenvalue weighted by Gasteiger charge is -2.16. The standard InChI is InChI=1S/C13H21N3O4/c1-4-18-12(17)8-6-5-7-10-11(9-15-16-14)20-13(2,3)19-10/h5,7,10-11H,4,6,8-9H2,1-3H3/b7-5+/t10-,11+/m0/s1. The SMILES string of the molecule is CCOC(=O)CC/C=C/[C@@H]1OC(C)(C)O[C@@H]1CN=[N+]=[N-]. The number of hydrogen-bond donors (Lipinski definition) is 0. The molecule has 0 aromatic carbocycles. The van der Waals surface area contributed by atoms with Gasteiger partial charge < -0.3 is 14.2 Å². The largest absolute Gasteiger partial charge is 0.466 e. The summed E-state index contributed by atoms with van der Waals surface area (Å²) in [5.41, 5.74) is 8.36. The summed E-state index contributed by atoms with van der Waals surface area (Å²) < 4.78 is 16.2. The van der Waals surface area contributed by atoms with Crippen molar-refractivity contribution in [3.63, 3.8) is 0 Å². The van der Waals surface area contributed by atoms with Gasteiger partial charge in [-0.15, -0.1) is 0 Å². The first kappa shape index (κ1) is 16.5. The molecule has 0 unspecified atom stereocenters. The Hall–Kier alpha value is -1.56. The van der Waals surface area contributed by atoms with Crippen LogP contribution < -0.4 is 0 Å². The summed E-state index contributed by atoms with van der Waals surface area (Å²) in [7, 11) is 0. The van der Waals surface area contributed by atoms with Gasteiger partial charge in [0.05, 0.1) is 19.3 Å². The lowest BCUT2D eigenvalue weighted by molar-refractivity contribution is -0.143. The second-order valence-electron chi connectivity index (χ2n) is 4.82. The van der Waals surface area contributed by atoms with Gasteiger partial charge in [-0.05, 0) is 32.7 Å². The average Bonchev–Trinajstić information content (AvgIpc) is 2.67. The van der Waals surface area contributed by atoms with Crippen molar-refractivity contribution in [3.05, 3.63) is 22.6 Å². The minimum Gasteiger partial charge on any atom is -0.466 e. The zero-order chi connectivity index (χ0) is 15.0. The van der Waals surface area contributed by atoms with Gasteiger partial charge >= 0.3 is 5.97 Å². The average molecular weight is 283 g/mol. The van der Waals surface area contributed by atoms with Crippen LogP contribution in [-0.2, 0) is 19.0 Å². The molecule has 1 saturated heterocycles. The first-order valence-electron chi connectivity index (χ1n) is 6.67. The number of esters is 1. The highest BCUT2D eigenvalue weighted by atomic mass is 16.7. The zero-order valence-electron chi connectivity index (χ0n) is 12.1. The van der Waals surface area contributed by atoms with E-state index in [1.165, 1.54) is 0 Å². The smallest absolute Gasteiger partial charge is 0.306 e. The van der Waals surface area contributed by atoms with E-state index in [2.05, 4.69) is 10.0 Å². The van der Waals surface area contributed by atoms with Crippen LogP contribution in [0.15, 0.2) is 17.3 Å². The second kappa shape index (κ2) is 7.89. The van der Waals surface area contributed by atoms with Crippen molar-refractivity contribution in [2.45, 2.75) is 51.6 Å². The minimum atomic E-state index is -0.703. The molecule has 112 valence electrons. The summed E-state index contributed by atoms with van der Waals surface area (Å²) in [6.07, 6.45) is 4.02. The van der Waals surface area contributed by atoms with E-state index in [-0.39, 0.29) is 24.7 Å². The Morgan fingerprint density at radius 3 is 2.90 bits per heavy atom. The molecule has 1 heterocycles. The molecule has 0 bridgehead atoms. The van der Waals surface area contributed by atoms with Crippen LogP contribution >= 0.6 is 0 Å². The Morgan fingerprint density at radius 2 is 2.25 bits per heavy atom. The molecule has 1 rings (SSSR count). The van der Waals surface area contributed by atoms with Crippen molar-refractivity contribution >= 4 is 5.97 Å². The molecule has 1 aliphatic heterocycles. The monoisotopic (exact) mass is 283 g/mol. The van der Waals surface area contributed by atoms with Gasteiger partial charge in [0.25, 0.3) is 0 Å². The van der Waals surface area contributed by atoms with Gasteiger partial charge in [-0.2, -0.15) is 0 Å². The molecule has 0 aromatic heterocycles. The summed E-state index contributed by atoms with van der Waals surface area (Å²) in [5, 5.41) is 3.52. The van der Waals surface area contributed by atoms with Gasteiger partial charge in [0.15, 0.2) is 5.79 Å². The van der Waals surface area contributed by atoms with Crippen molar-refractivity contribution in [3.8, 4) is 0 Å². The molecule has 0 N–H and O–H groups in total. The number of rotatable bonds is 7. The molecule has 0 saturated carbocycles. The van der Waals surface area contributed by atoms with Gasteiger partial charge in [-0.3, -0.25) is 4.79 Å². The molecule has 0 amide bonds. The Morgan fingerprint density at radius 1 is 1.50 bits per heavy atom. The number of nitrogens with zero attached hydrogens (tertiary/aromatic N) is 3. The number of carbonyl (C=O) groups is 1. The Kier molecular flexibility index (Phi) is 6.51. The van der Waals surface area contributed by atoms with Crippen molar-refractivity contribution in [2.75, 3.05) is 13.2 Å². The molecule has 7 nitrogen and oxygen atoms in total. The van der Waals surface area contributed by atoms with Crippen LogP contribution in [0.1, 0.15) is 33.6 Å². The normalized spacial score (nSPS) is 24.6. The maximum Gasteiger partial charge on any atom is 0.306 e. The predicted octanol–water partition coefficient (Wildman–Crippen LogP) is 2.72. The van der Waals surface area contributed by atoms with Gasteiger partial charge in [-0.1, -0.05) is 17.3 Å². The first-order chi connectivity index (χ1) is 9.48. The third kappa shape index (κ3) is 5.61. The summed E-state index contributed by atoms with van der Waals surface area (Å²) in [6.45, 7) is 6.00. The molecule has 0 aliphatic carbocycles. The highest BCUT2D eigenvalue weighted by Gasteiger charge is 2.39. The van der Waals surface area contributed by atoms with Crippen molar-refractivity contribution in [1.29, 1.82) is 0 Å². The molecule has 2 atom stereocenters. The highest BCUT2D eigenvalue weighted by molar-refractivity contribution is 5.69. The van der Waals surface area contributed by atoms with E-state index >= 15 is 0 Å². The highest BCUT2D eigenvalue weighted by Crippen LogP contribution is 2.29. The van der Waals surface area contributed by atoms with Crippen molar-refractivity contribution in [2.24, 2.45) is 5.11 Å². The number of allylic oxidation sites excluding steroid dienone is 1. The van der Waals surface area contributed by atoms with Crippen LogP contribution in [0.4, 0.5) is 0 Å². The van der Waals surface area contributed by atoms with Crippen LogP contribution in [0.5, 0.6) is 0 Å². The molecule has 0 aromatic rings. The van der Waals surface area contributed by atoms with Crippen LogP contribution in [0.2, 0.25) is 0 Å². The third-order valence-electron chi connectivity index (χ3n) is 2.69. The number of carbonyl (C=O) groups excluding carboxylic acids is 1. The van der Waals surface area contributed by atoms with Crippen LogP contribution in [-0.4, -0.2) is 37.1 Å². The molecule has 0 spiro atoms. The Labute approximate surface area is 118 Å². The van der Waals surface area contributed by atoms with Crippen LogP contribution in [0.3, 0.4) is 0 Å². The summed E-state index contributed by atoms with van der Waals surface area (Å²) >= 11 is 0. The number of ether oxygens (including phenoxy) is 3. The Bertz CT molecular complexity index is 402. The summed E-state index contributed by atoms with van der Waals surface area (Å²) in [4.78, 5) is 13.9. The number of hydrogen-bond acceptors (Lipinski definition) is 5. The molecule has 7 heteroatoms. The lowest BCUT2D eigenvalue weighted by Crippen LogP contribution is -2.23. The summed E-state index contributed by atoms with van der Waals surface area (Å²) in [6, 6.07) is 0. The van der Waals surface area contributed by atoms with E-state index in [0.717, 1.165) is 0 Å². The van der Waals surface area contributed by atoms with Gasteiger partial charge in [0.1, 0.15) is 6.10 Å². The minimum absolute atomic E-state index is 0.215. The van der Waals surface area contributed by atoms with Gasteiger partial charge in [0, 0.05) is 11.3 Å². The van der Waals surface area contributed by atoms with E-state index in [9.17, 15) is 4.79 Å². The summed E-state index contributed by atoms with van der Waals surface area (Å²) in [5.74, 6) is -0.919. The van der Waals surface area contributed by atoms with E-state index in [1.54, 1.807) is 6.92 Å². The predicted molar refractivity (Wildman–Crippen MR) is 72.8 cm³/mol. The number of azide groups is 1. The molecule has 20 heavy (non-hydrogen) atoms. The first-order valence-corrected chi connectivity index (χ1v) is 6.67. The van der Waals surface area contributed by atoms with E-state index in [1.807, 2.05) is 26.0 Å². The van der Waals surface area contributed by atoms with E-state index < -0.39 is 5.79 Å². The maximum absolute atomic E-state index is 11.2. The Balaban J connectivity index is 2.46. The quantitative estimate of drug-likeness (QED) is 0.236. The molecule has 1 aliphatic rings. The van der Waals surface area contributed by atoms with Gasteiger partial charge in [-0.25, -0.2) is 0 Å². The molecular weight excluding hydrogens is 262 g/mol. The fourth-order valence-corrected chi connectivity index (χ4v) is 1.95. The third-order valence-corrected chi connectivity index (χ3v) is 2.69. The van der Waals surface area contributed by atoms with Crippen LogP contribution in [0, 0.1) is 0 Å². The van der Waals surface area contributed by atoms with E-state index in [0.29, 0.717) is 19.4 Å². The topological polar surface area (TPSA) is 93.5 Å². The molecule has 0 radical (unpaired) electrons. The molecule has 1 fully saturated rings. The fourth-order valence-electron chi connectivity index (χ4n) is 1.95. The van der Waals surface area contributed by atoms with Crippen LogP contribution in [0.25, 0.3) is 10.4 Å². The van der Waals surface area contributed by atoms with E-state index in [4.69, 9.17) is 19.7 Å². The zero-order valence-corrected chi connectivity index (χ0v) is 12.1. The lowest BCUT2D eigenvalue weighted by atomic mass is 10.1.